The molecular formula is C8H3N5O10. The van der Waals surface area contributed by atoms with Crippen molar-refractivity contribution in [2.45, 2.75) is 27.7 Å². The summed E-state index contributed by atoms with van der Waals surface area (Å²) in [4.78, 5) is 51.4. The highest BCUT2D eigenvalue weighted by Gasteiger charge is 3.51. The molecule has 6 aliphatic rings. The first-order valence-corrected chi connectivity index (χ1v) is 6.29. The van der Waals surface area contributed by atoms with E-state index in [4.69, 9.17) is 0 Å². The van der Waals surface area contributed by atoms with Crippen molar-refractivity contribution in [3.63, 3.8) is 0 Å². The summed E-state index contributed by atoms with van der Waals surface area (Å²) in [6.07, 6.45) is 0. The maximum absolute atomic E-state index is 11.5. The first-order valence-electron chi connectivity index (χ1n) is 6.29. The maximum Gasteiger partial charge on any atom is 0.430 e. The van der Waals surface area contributed by atoms with E-state index in [1.165, 1.54) is 0 Å². The Hall–Kier alpha value is -3.00. The van der Waals surface area contributed by atoms with Gasteiger partial charge in [-0.25, -0.2) is 0 Å². The molecule has 0 bridgehead atoms. The molecule has 0 N–H and O–H groups in total. The van der Waals surface area contributed by atoms with Crippen LogP contribution in [0.1, 0.15) is 0 Å². The summed E-state index contributed by atoms with van der Waals surface area (Å²) >= 11 is 0. The standard InChI is InChI=1S/C8H3N5O10/c14-9(15)4-1-5(10(16)17)2(4)7(12(20)21)3(4)6(1,11(18)19)8(5,7)13(22)23/h1-3H. The zero-order chi connectivity index (χ0) is 17.1. The van der Waals surface area contributed by atoms with E-state index in [9.17, 15) is 50.6 Å². The van der Waals surface area contributed by atoms with Crippen LogP contribution < -0.4 is 0 Å². The minimum Gasteiger partial charge on any atom is -0.264 e. The van der Waals surface area contributed by atoms with E-state index < -0.39 is 70.1 Å². The Morgan fingerprint density at radius 2 is 0.826 bits per heavy atom. The Morgan fingerprint density at radius 1 is 0.522 bits per heavy atom. The van der Waals surface area contributed by atoms with Gasteiger partial charge in [0.05, 0.1) is 0 Å². The average Bonchev–Trinajstić information content (AvgIpc) is 2.43. The Labute approximate surface area is 122 Å². The van der Waals surface area contributed by atoms with Crippen LogP contribution in [0.3, 0.4) is 0 Å². The van der Waals surface area contributed by atoms with Gasteiger partial charge in [-0.2, -0.15) is 0 Å². The molecule has 120 valence electrons. The zero-order valence-electron chi connectivity index (χ0n) is 10.6. The summed E-state index contributed by atoms with van der Waals surface area (Å²) in [5.74, 6) is -5.32. The van der Waals surface area contributed by atoms with Gasteiger partial charge in [0.1, 0.15) is 0 Å². The van der Waals surface area contributed by atoms with Crippen LogP contribution in [0, 0.1) is 68.3 Å². The first kappa shape index (κ1) is 12.5. The van der Waals surface area contributed by atoms with Crippen LogP contribution in [0.2, 0.25) is 0 Å². The van der Waals surface area contributed by atoms with Crippen molar-refractivity contribution in [1.82, 2.24) is 0 Å². The normalized spacial score (nSPS) is 60.6. The molecule has 6 saturated carbocycles. The van der Waals surface area contributed by atoms with Crippen molar-refractivity contribution in [1.29, 1.82) is 0 Å². The summed E-state index contributed by atoms with van der Waals surface area (Å²) in [5.41, 5.74) is -12.9. The number of nitrogens with zero attached hydrogens (tertiary/aromatic N) is 5. The van der Waals surface area contributed by atoms with Gasteiger partial charge in [-0.15, -0.1) is 0 Å². The second-order valence-electron chi connectivity index (χ2n) is 6.66. The van der Waals surface area contributed by atoms with E-state index in [-0.39, 0.29) is 0 Å². The Bertz CT molecular complexity index is 750. The molecule has 15 heteroatoms. The predicted octanol–water partition coefficient (Wildman–Crippen LogP) is -2.02. The number of hydrogen-bond donors (Lipinski definition) is 0. The van der Waals surface area contributed by atoms with Gasteiger partial charge in [0, 0.05) is 24.6 Å². The molecule has 0 saturated heterocycles. The molecule has 15 nitrogen and oxygen atoms in total. The van der Waals surface area contributed by atoms with Crippen molar-refractivity contribution in [2.75, 3.05) is 0 Å². The van der Waals surface area contributed by atoms with E-state index in [1.807, 2.05) is 0 Å². The molecule has 0 radical (unpaired) electrons. The molecule has 0 heterocycles. The number of hydrogen-bond acceptors (Lipinski definition) is 10. The van der Waals surface area contributed by atoms with Gasteiger partial charge in [0.25, 0.3) is 5.54 Å². The van der Waals surface area contributed by atoms with Crippen LogP contribution in [0.4, 0.5) is 0 Å². The summed E-state index contributed by atoms with van der Waals surface area (Å²) in [5, 5.41) is 57.1. The van der Waals surface area contributed by atoms with Gasteiger partial charge in [-0.1, -0.05) is 0 Å². The summed E-state index contributed by atoms with van der Waals surface area (Å²) in [7, 11) is 0. The van der Waals surface area contributed by atoms with Crippen LogP contribution in [0.5, 0.6) is 0 Å². The molecule has 0 aromatic heterocycles. The first-order chi connectivity index (χ1) is 10.6. The van der Waals surface area contributed by atoms with Crippen molar-refractivity contribution in [3.05, 3.63) is 50.6 Å². The van der Waals surface area contributed by atoms with Gasteiger partial charge in [-0.3, -0.25) is 50.6 Å². The third-order valence-corrected chi connectivity index (χ3v) is 7.26. The van der Waals surface area contributed by atoms with Crippen molar-refractivity contribution >= 4 is 0 Å². The van der Waals surface area contributed by atoms with Gasteiger partial charge in [-0.05, 0) is 0 Å². The number of rotatable bonds is 5. The molecule has 0 unspecified atom stereocenters. The van der Waals surface area contributed by atoms with E-state index in [0.717, 1.165) is 0 Å². The van der Waals surface area contributed by atoms with Crippen LogP contribution >= 0.6 is 0 Å². The Kier molecular flexibility index (Phi) is 1.29. The Morgan fingerprint density at radius 3 is 1.00 bits per heavy atom. The fourth-order valence-corrected chi connectivity index (χ4v) is 7.60. The molecule has 0 spiro atoms. The lowest BCUT2D eigenvalue weighted by Crippen LogP contribution is -3.39. The average molecular weight is 329 g/mol. The van der Waals surface area contributed by atoms with Gasteiger partial charge in [0.15, 0.2) is 17.8 Å². The predicted molar refractivity (Wildman–Crippen MR) is 59.1 cm³/mol. The highest BCUT2D eigenvalue weighted by molar-refractivity contribution is 5.77. The monoisotopic (exact) mass is 329 g/mol. The fraction of sp³-hybridized carbons (Fsp3) is 1.00. The lowest BCUT2D eigenvalue weighted by Gasteiger charge is -2.97. The maximum atomic E-state index is 11.5. The molecule has 0 aliphatic heterocycles. The molecule has 6 rings (SSSR count). The molecule has 0 atom stereocenters. The largest absolute Gasteiger partial charge is 0.430 e. The van der Waals surface area contributed by atoms with E-state index in [1.54, 1.807) is 0 Å². The molecule has 23 heavy (non-hydrogen) atoms. The van der Waals surface area contributed by atoms with Crippen molar-refractivity contribution in [3.8, 4) is 0 Å². The molecular weight excluding hydrogens is 326 g/mol. The molecule has 0 aromatic rings. The highest BCUT2D eigenvalue weighted by atomic mass is 16.7. The lowest BCUT2D eigenvalue weighted by molar-refractivity contribution is -1.05. The van der Waals surface area contributed by atoms with Crippen molar-refractivity contribution < 1.29 is 24.6 Å². The minimum absolute atomic E-state index is 0.957. The molecule has 6 aliphatic carbocycles. The van der Waals surface area contributed by atoms with Crippen molar-refractivity contribution in [2.24, 2.45) is 17.8 Å². The molecule has 0 amide bonds. The summed E-state index contributed by atoms with van der Waals surface area (Å²) in [6, 6.07) is 0. The second kappa shape index (κ2) is 2.37. The van der Waals surface area contributed by atoms with Gasteiger partial charge >= 0.3 is 22.2 Å². The highest BCUT2D eigenvalue weighted by Crippen LogP contribution is 3.09. The molecule has 0 aromatic carbocycles. The number of nitro groups is 5. The zero-order valence-corrected chi connectivity index (χ0v) is 10.6. The third-order valence-electron chi connectivity index (χ3n) is 7.26. The lowest BCUT2D eigenvalue weighted by atomic mass is 8.88. The minimum atomic E-state index is -3.00. The van der Waals surface area contributed by atoms with Crippen LogP contribution in [-0.2, 0) is 0 Å². The summed E-state index contributed by atoms with van der Waals surface area (Å²) < 4.78 is 0. The Balaban J connectivity index is 1.86. The fourth-order valence-electron chi connectivity index (χ4n) is 7.60. The van der Waals surface area contributed by atoms with Gasteiger partial charge in [0.2, 0.25) is 0 Å². The van der Waals surface area contributed by atoms with E-state index in [0.29, 0.717) is 0 Å². The van der Waals surface area contributed by atoms with E-state index >= 15 is 0 Å². The second-order valence-corrected chi connectivity index (χ2v) is 6.66. The topological polar surface area (TPSA) is 216 Å². The smallest absolute Gasteiger partial charge is 0.264 e. The van der Waals surface area contributed by atoms with Crippen LogP contribution in [0.25, 0.3) is 0 Å². The van der Waals surface area contributed by atoms with Crippen LogP contribution in [0.15, 0.2) is 0 Å². The third kappa shape index (κ3) is 0.471. The summed E-state index contributed by atoms with van der Waals surface area (Å²) in [6.45, 7) is 0. The van der Waals surface area contributed by atoms with Crippen LogP contribution in [-0.4, -0.2) is 52.3 Å². The molecule has 6 fully saturated rings. The van der Waals surface area contributed by atoms with Gasteiger partial charge < -0.3 is 0 Å². The quantitative estimate of drug-likeness (QED) is 0.398. The SMILES string of the molecule is O=[N+]([O-])C12C3C4([N+](=O)[O-])C1C1([N+](=O)[O-])C2C3([N+](=O)[O-])C41[N+](=O)[O-]. The van der Waals surface area contributed by atoms with E-state index in [2.05, 4.69) is 0 Å².